The summed E-state index contributed by atoms with van der Waals surface area (Å²) in [6.07, 6.45) is 4.59. The molecule has 1 N–H and O–H groups in total. The fraction of sp³-hybridized carbons (Fsp3) is 0.500. The predicted octanol–water partition coefficient (Wildman–Crippen LogP) is 2.61. The van der Waals surface area contributed by atoms with E-state index in [1.165, 1.54) is 0 Å². The first-order valence-corrected chi connectivity index (χ1v) is 6.65. The first-order chi connectivity index (χ1) is 8.88. The molecule has 1 aromatic rings. The van der Waals surface area contributed by atoms with Gasteiger partial charge in [0.2, 0.25) is 0 Å². The molecule has 1 aromatic carbocycles. The van der Waals surface area contributed by atoms with E-state index in [1.807, 2.05) is 30.3 Å². The van der Waals surface area contributed by atoms with E-state index >= 15 is 0 Å². The van der Waals surface area contributed by atoms with Crippen LogP contribution in [0.4, 0.5) is 0 Å². The van der Waals surface area contributed by atoms with Crippen LogP contribution in [0.3, 0.4) is 0 Å². The number of hydrogen-bond donors (Lipinski definition) is 1. The van der Waals surface area contributed by atoms with E-state index in [2.05, 4.69) is 11.8 Å². The molecule has 0 atom stereocenters. The molecule has 0 radical (unpaired) electrons. The monoisotopic (exact) mass is 244 g/mol. The Hall–Kier alpha value is -1.30. The Labute approximate surface area is 109 Å². The number of aliphatic hydroxyl groups is 1. The van der Waals surface area contributed by atoms with Gasteiger partial charge in [-0.3, -0.25) is 0 Å². The molecular formula is C16H20O2. The number of ether oxygens (including phenoxy) is 1. The van der Waals surface area contributed by atoms with E-state index in [0.29, 0.717) is 25.2 Å². The molecule has 1 fully saturated rings. The fourth-order valence-electron chi connectivity index (χ4n) is 2.30. The van der Waals surface area contributed by atoms with E-state index in [1.54, 1.807) is 0 Å². The lowest BCUT2D eigenvalue weighted by Crippen LogP contribution is -2.23. The van der Waals surface area contributed by atoms with Gasteiger partial charge in [-0.2, -0.15) is 0 Å². The molecule has 0 spiro atoms. The second-order valence-electron chi connectivity index (χ2n) is 4.80. The van der Waals surface area contributed by atoms with Gasteiger partial charge in [-0.05, 0) is 43.7 Å². The Morgan fingerprint density at radius 2 is 1.83 bits per heavy atom. The van der Waals surface area contributed by atoms with Crippen molar-refractivity contribution in [2.45, 2.75) is 31.8 Å². The Bertz CT molecular complexity index is 394. The Morgan fingerprint density at radius 3 is 2.50 bits per heavy atom. The van der Waals surface area contributed by atoms with Gasteiger partial charge >= 0.3 is 0 Å². The first kappa shape index (κ1) is 13.1. The maximum atomic E-state index is 9.05. The van der Waals surface area contributed by atoms with Crippen molar-refractivity contribution in [1.29, 1.82) is 0 Å². The number of benzene rings is 1. The van der Waals surface area contributed by atoms with Crippen LogP contribution in [-0.4, -0.2) is 24.4 Å². The summed E-state index contributed by atoms with van der Waals surface area (Å²) in [5.41, 5.74) is 1.03. The molecule has 0 aliphatic heterocycles. The molecule has 1 aliphatic carbocycles. The van der Waals surface area contributed by atoms with Crippen LogP contribution in [0.25, 0.3) is 0 Å². The molecule has 96 valence electrons. The average molecular weight is 244 g/mol. The summed E-state index contributed by atoms with van der Waals surface area (Å²) in [5, 5.41) is 9.05. The molecule has 1 aliphatic rings. The predicted molar refractivity (Wildman–Crippen MR) is 72.1 cm³/mol. The topological polar surface area (TPSA) is 29.5 Å². The third kappa shape index (κ3) is 4.18. The summed E-state index contributed by atoms with van der Waals surface area (Å²) in [4.78, 5) is 0. The quantitative estimate of drug-likeness (QED) is 0.828. The normalized spacial score (nSPS) is 23.2. The van der Waals surface area contributed by atoms with Crippen molar-refractivity contribution in [3.63, 3.8) is 0 Å². The van der Waals surface area contributed by atoms with Gasteiger partial charge in [-0.25, -0.2) is 0 Å². The highest BCUT2D eigenvalue weighted by Crippen LogP contribution is 2.25. The van der Waals surface area contributed by atoms with Gasteiger partial charge < -0.3 is 9.84 Å². The van der Waals surface area contributed by atoms with Crippen LogP contribution in [0.2, 0.25) is 0 Å². The molecule has 0 saturated heterocycles. The Kier molecular flexibility index (Phi) is 5.26. The van der Waals surface area contributed by atoms with Crippen molar-refractivity contribution >= 4 is 0 Å². The second-order valence-corrected chi connectivity index (χ2v) is 4.80. The van der Waals surface area contributed by atoms with Crippen molar-refractivity contribution in [2.24, 2.45) is 5.92 Å². The van der Waals surface area contributed by atoms with Gasteiger partial charge in [-0.15, -0.1) is 0 Å². The van der Waals surface area contributed by atoms with Crippen molar-refractivity contribution in [1.82, 2.24) is 0 Å². The largest absolute Gasteiger partial charge is 0.396 e. The lowest BCUT2D eigenvalue weighted by molar-refractivity contribution is 0.0288. The molecule has 0 unspecified atom stereocenters. The van der Waals surface area contributed by atoms with Crippen LogP contribution >= 0.6 is 0 Å². The second kappa shape index (κ2) is 7.20. The van der Waals surface area contributed by atoms with Crippen LogP contribution in [0.15, 0.2) is 30.3 Å². The zero-order valence-electron chi connectivity index (χ0n) is 10.6. The molecular weight excluding hydrogens is 224 g/mol. The van der Waals surface area contributed by atoms with Gasteiger partial charge in [-0.1, -0.05) is 30.0 Å². The molecule has 2 nitrogen and oxygen atoms in total. The maximum Gasteiger partial charge on any atom is 0.108 e. The minimum atomic E-state index is 0.320. The highest BCUT2D eigenvalue weighted by Gasteiger charge is 2.20. The summed E-state index contributed by atoms with van der Waals surface area (Å²) in [7, 11) is 0. The van der Waals surface area contributed by atoms with E-state index in [9.17, 15) is 0 Å². The molecule has 2 rings (SSSR count). The Balaban J connectivity index is 1.69. The standard InChI is InChI=1S/C16H20O2/c17-13-15-8-10-16(11-9-15)18-12-4-7-14-5-2-1-3-6-14/h1-3,5-6,15-17H,8-13H2. The summed E-state index contributed by atoms with van der Waals surface area (Å²) in [6, 6.07) is 9.96. The highest BCUT2D eigenvalue weighted by molar-refractivity contribution is 5.33. The van der Waals surface area contributed by atoms with Crippen LogP contribution in [0.5, 0.6) is 0 Å². The summed E-state index contributed by atoms with van der Waals surface area (Å²) < 4.78 is 5.74. The summed E-state index contributed by atoms with van der Waals surface area (Å²) >= 11 is 0. The van der Waals surface area contributed by atoms with Crippen molar-refractivity contribution in [3.8, 4) is 11.8 Å². The third-order valence-electron chi connectivity index (χ3n) is 3.45. The summed E-state index contributed by atoms with van der Waals surface area (Å²) in [6.45, 7) is 0.823. The van der Waals surface area contributed by atoms with Crippen molar-refractivity contribution in [3.05, 3.63) is 35.9 Å². The van der Waals surface area contributed by atoms with Crippen molar-refractivity contribution in [2.75, 3.05) is 13.2 Å². The highest BCUT2D eigenvalue weighted by atomic mass is 16.5. The SMILES string of the molecule is OCC1CCC(OCC#Cc2ccccc2)CC1. The van der Waals surface area contributed by atoms with Gasteiger partial charge in [0.15, 0.2) is 0 Å². The lowest BCUT2D eigenvalue weighted by Gasteiger charge is -2.26. The molecule has 2 heteroatoms. The van der Waals surface area contributed by atoms with Gasteiger partial charge in [0.1, 0.15) is 6.61 Å². The summed E-state index contributed by atoms with van der Waals surface area (Å²) in [5.74, 6) is 6.63. The molecule has 0 amide bonds. The third-order valence-corrected chi connectivity index (χ3v) is 3.45. The lowest BCUT2D eigenvalue weighted by atomic mass is 9.88. The molecule has 0 heterocycles. The van der Waals surface area contributed by atoms with E-state index in [0.717, 1.165) is 31.2 Å². The number of aliphatic hydroxyl groups excluding tert-OH is 1. The van der Waals surface area contributed by atoms with Crippen LogP contribution < -0.4 is 0 Å². The van der Waals surface area contributed by atoms with Crippen molar-refractivity contribution < 1.29 is 9.84 Å². The van der Waals surface area contributed by atoms with Crippen LogP contribution in [-0.2, 0) is 4.74 Å². The van der Waals surface area contributed by atoms with Gasteiger partial charge in [0.25, 0.3) is 0 Å². The fourth-order valence-corrected chi connectivity index (χ4v) is 2.30. The average Bonchev–Trinajstić information content (AvgIpc) is 2.45. The minimum absolute atomic E-state index is 0.320. The van der Waals surface area contributed by atoms with Gasteiger partial charge in [0.05, 0.1) is 6.10 Å². The van der Waals surface area contributed by atoms with E-state index in [4.69, 9.17) is 9.84 Å². The maximum absolute atomic E-state index is 9.05. The van der Waals surface area contributed by atoms with Crippen LogP contribution in [0, 0.1) is 17.8 Å². The molecule has 1 saturated carbocycles. The van der Waals surface area contributed by atoms with E-state index < -0.39 is 0 Å². The number of hydrogen-bond acceptors (Lipinski definition) is 2. The molecule has 0 bridgehead atoms. The number of rotatable bonds is 3. The molecule has 18 heavy (non-hydrogen) atoms. The zero-order valence-corrected chi connectivity index (χ0v) is 10.6. The molecule has 0 aromatic heterocycles. The minimum Gasteiger partial charge on any atom is -0.396 e. The van der Waals surface area contributed by atoms with Crippen LogP contribution in [0.1, 0.15) is 31.2 Å². The Morgan fingerprint density at radius 1 is 1.11 bits per heavy atom. The first-order valence-electron chi connectivity index (χ1n) is 6.65. The van der Waals surface area contributed by atoms with Gasteiger partial charge in [0, 0.05) is 12.2 Å². The smallest absolute Gasteiger partial charge is 0.108 e. The van der Waals surface area contributed by atoms with E-state index in [-0.39, 0.29) is 0 Å². The zero-order chi connectivity index (χ0) is 12.6.